The Labute approximate surface area is 106 Å². The van der Waals surface area contributed by atoms with Gasteiger partial charge in [-0.3, -0.25) is 4.98 Å². The van der Waals surface area contributed by atoms with Gasteiger partial charge in [0.1, 0.15) is 6.07 Å². The molecular formula is C14H14N4. The van der Waals surface area contributed by atoms with E-state index in [1.165, 1.54) is 5.56 Å². The molecule has 0 fully saturated rings. The molecular weight excluding hydrogens is 224 g/mol. The molecule has 90 valence electrons. The molecule has 1 heterocycles. The van der Waals surface area contributed by atoms with Crippen LogP contribution in [0, 0.1) is 11.3 Å². The van der Waals surface area contributed by atoms with Crippen LogP contribution < -0.4 is 11.1 Å². The lowest BCUT2D eigenvalue weighted by molar-refractivity contribution is 1.01. The fraction of sp³-hybridized carbons (Fsp3) is 0.143. The Morgan fingerprint density at radius 1 is 1.22 bits per heavy atom. The van der Waals surface area contributed by atoms with Crippen LogP contribution in [-0.2, 0) is 6.42 Å². The first-order chi connectivity index (χ1) is 8.79. The summed E-state index contributed by atoms with van der Waals surface area (Å²) >= 11 is 0. The summed E-state index contributed by atoms with van der Waals surface area (Å²) in [6.45, 7) is 0.766. The monoisotopic (exact) mass is 238 g/mol. The van der Waals surface area contributed by atoms with Gasteiger partial charge in [-0.25, -0.2) is 0 Å². The predicted molar refractivity (Wildman–Crippen MR) is 72.0 cm³/mol. The number of pyridine rings is 1. The molecule has 18 heavy (non-hydrogen) atoms. The third-order valence-corrected chi connectivity index (χ3v) is 2.64. The van der Waals surface area contributed by atoms with Gasteiger partial charge in [0.25, 0.3) is 0 Å². The Bertz CT molecular complexity index is 558. The molecule has 3 N–H and O–H groups in total. The van der Waals surface area contributed by atoms with Crippen LogP contribution in [0.1, 0.15) is 11.1 Å². The second-order valence-electron chi connectivity index (χ2n) is 3.95. The third kappa shape index (κ3) is 2.98. The van der Waals surface area contributed by atoms with Gasteiger partial charge < -0.3 is 11.1 Å². The zero-order valence-corrected chi connectivity index (χ0v) is 9.93. The molecule has 1 aromatic heterocycles. The summed E-state index contributed by atoms with van der Waals surface area (Å²) in [6, 6.07) is 11.4. The average molecular weight is 238 g/mol. The molecule has 0 aliphatic carbocycles. The maximum atomic E-state index is 9.01. The van der Waals surface area contributed by atoms with E-state index in [1.54, 1.807) is 24.5 Å². The largest absolute Gasteiger partial charge is 0.399 e. The minimum atomic E-state index is 0.574. The quantitative estimate of drug-likeness (QED) is 0.801. The van der Waals surface area contributed by atoms with Crippen molar-refractivity contribution < 1.29 is 0 Å². The minimum Gasteiger partial charge on any atom is -0.399 e. The zero-order valence-electron chi connectivity index (χ0n) is 9.93. The maximum absolute atomic E-state index is 9.01. The molecule has 0 atom stereocenters. The molecule has 1 aromatic carbocycles. The fourth-order valence-electron chi connectivity index (χ4n) is 1.70. The van der Waals surface area contributed by atoms with Crippen molar-refractivity contribution in [3.8, 4) is 6.07 Å². The molecule has 0 unspecified atom stereocenters. The number of nitrogens with one attached hydrogen (secondary N) is 1. The number of nitriles is 1. The molecule has 0 aliphatic heterocycles. The van der Waals surface area contributed by atoms with E-state index >= 15 is 0 Å². The van der Waals surface area contributed by atoms with Crippen molar-refractivity contribution in [1.82, 2.24) is 4.98 Å². The van der Waals surface area contributed by atoms with Crippen LogP contribution in [0.25, 0.3) is 0 Å². The lowest BCUT2D eigenvalue weighted by Gasteiger charge is -2.08. The van der Waals surface area contributed by atoms with E-state index in [1.807, 2.05) is 18.2 Å². The maximum Gasteiger partial charge on any atom is 0.101 e. The van der Waals surface area contributed by atoms with E-state index in [4.69, 9.17) is 11.0 Å². The summed E-state index contributed by atoms with van der Waals surface area (Å²) in [7, 11) is 0. The highest BCUT2D eigenvalue weighted by molar-refractivity contribution is 5.62. The molecule has 2 aromatic rings. The normalized spacial score (nSPS) is 9.72. The van der Waals surface area contributed by atoms with Gasteiger partial charge in [-0.15, -0.1) is 0 Å². The van der Waals surface area contributed by atoms with Crippen LogP contribution >= 0.6 is 0 Å². The van der Waals surface area contributed by atoms with Crippen LogP contribution in [0.5, 0.6) is 0 Å². The van der Waals surface area contributed by atoms with Crippen molar-refractivity contribution in [2.45, 2.75) is 6.42 Å². The van der Waals surface area contributed by atoms with Gasteiger partial charge in [0.05, 0.1) is 11.3 Å². The zero-order chi connectivity index (χ0) is 12.8. The number of aromatic nitrogens is 1. The van der Waals surface area contributed by atoms with E-state index in [2.05, 4.69) is 16.4 Å². The molecule has 0 aliphatic rings. The number of nitrogen functional groups attached to an aromatic ring is 1. The van der Waals surface area contributed by atoms with Gasteiger partial charge in [-0.1, -0.05) is 0 Å². The highest BCUT2D eigenvalue weighted by atomic mass is 14.9. The minimum absolute atomic E-state index is 0.574. The first kappa shape index (κ1) is 11.9. The molecule has 2 rings (SSSR count). The summed E-state index contributed by atoms with van der Waals surface area (Å²) in [4.78, 5) is 3.97. The SMILES string of the molecule is N#Cc1cc(N)ccc1NCCc1ccncc1. The van der Waals surface area contributed by atoms with Crippen molar-refractivity contribution in [2.24, 2.45) is 0 Å². The number of anilines is 2. The molecule has 0 saturated carbocycles. The van der Waals surface area contributed by atoms with Crippen LogP contribution in [0.4, 0.5) is 11.4 Å². The Kier molecular flexibility index (Phi) is 3.77. The lowest BCUT2D eigenvalue weighted by atomic mass is 10.1. The van der Waals surface area contributed by atoms with E-state index < -0.39 is 0 Å². The Balaban J connectivity index is 1.97. The van der Waals surface area contributed by atoms with Crippen LogP contribution in [0.15, 0.2) is 42.7 Å². The third-order valence-electron chi connectivity index (χ3n) is 2.64. The molecule has 0 spiro atoms. The lowest BCUT2D eigenvalue weighted by Crippen LogP contribution is -2.06. The number of hydrogen-bond donors (Lipinski definition) is 2. The summed E-state index contributed by atoms with van der Waals surface area (Å²) < 4.78 is 0. The second kappa shape index (κ2) is 5.69. The first-order valence-corrected chi connectivity index (χ1v) is 5.72. The summed E-state index contributed by atoms with van der Waals surface area (Å²) in [5.41, 5.74) is 8.85. The van der Waals surface area contributed by atoms with Crippen molar-refractivity contribution in [1.29, 1.82) is 5.26 Å². The molecule has 0 amide bonds. The van der Waals surface area contributed by atoms with E-state index in [9.17, 15) is 0 Å². The molecule has 4 heteroatoms. The molecule has 0 saturated heterocycles. The Hall–Kier alpha value is -2.54. The highest BCUT2D eigenvalue weighted by Gasteiger charge is 2.01. The van der Waals surface area contributed by atoms with Crippen LogP contribution in [-0.4, -0.2) is 11.5 Å². The molecule has 4 nitrogen and oxygen atoms in total. The van der Waals surface area contributed by atoms with E-state index in [0.29, 0.717) is 11.3 Å². The van der Waals surface area contributed by atoms with Crippen LogP contribution in [0.2, 0.25) is 0 Å². The highest BCUT2D eigenvalue weighted by Crippen LogP contribution is 2.17. The number of nitrogens with two attached hydrogens (primary N) is 1. The van der Waals surface area contributed by atoms with Gasteiger partial charge in [0.2, 0.25) is 0 Å². The van der Waals surface area contributed by atoms with Gasteiger partial charge in [0.15, 0.2) is 0 Å². The van der Waals surface area contributed by atoms with Crippen molar-refractivity contribution >= 4 is 11.4 Å². The molecule has 0 radical (unpaired) electrons. The number of hydrogen-bond acceptors (Lipinski definition) is 4. The standard InChI is InChI=1S/C14H14N4/c15-10-12-9-13(16)1-2-14(12)18-8-5-11-3-6-17-7-4-11/h1-4,6-7,9,18H,5,8,16H2. The number of rotatable bonds is 4. The summed E-state index contributed by atoms with van der Waals surface area (Å²) in [6.07, 6.45) is 4.44. The smallest absolute Gasteiger partial charge is 0.101 e. The van der Waals surface area contributed by atoms with Gasteiger partial charge >= 0.3 is 0 Å². The van der Waals surface area contributed by atoms with Gasteiger partial charge in [-0.2, -0.15) is 5.26 Å². The van der Waals surface area contributed by atoms with Gasteiger partial charge in [-0.05, 0) is 42.3 Å². The molecule has 0 bridgehead atoms. The topological polar surface area (TPSA) is 74.7 Å². The van der Waals surface area contributed by atoms with Crippen LogP contribution in [0.3, 0.4) is 0 Å². The number of benzene rings is 1. The summed E-state index contributed by atoms with van der Waals surface area (Å²) in [5.74, 6) is 0. The summed E-state index contributed by atoms with van der Waals surface area (Å²) in [5, 5.41) is 12.2. The first-order valence-electron chi connectivity index (χ1n) is 5.72. The van der Waals surface area contributed by atoms with E-state index in [0.717, 1.165) is 18.7 Å². The van der Waals surface area contributed by atoms with E-state index in [-0.39, 0.29) is 0 Å². The van der Waals surface area contributed by atoms with Crippen molar-refractivity contribution in [3.63, 3.8) is 0 Å². The predicted octanol–water partition coefficient (Wildman–Crippen LogP) is 2.19. The van der Waals surface area contributed by atoms with Gasteiger partial charge in [0, 0.05) is 24.6 Å². The fourth-order valence-corrected chi connectivity index (χ4v) is 1.70. The second-order valence-corrected chi connectivity index (χ2v) is 3.95. The van der Waals surface area contributed by atoms with Crippen molar-refractivity contribution in [3.05, 3.63) is 53.9 Å². The number of nitrogens with zero attached hydrogens (tertiary/aromatic N) is 2. The average Bonchev–Trinajstić information content (AvgIpc) is 2.41. The Morgan fingerprint density at radius 3 is 2.72 bits per heavy atom. The Morgan fingerprint density at radius 2 is 2.00 bits per heavy atom. The van der Waals surface area contributed by atoms with Crippen molar-refractivity contribution in [2.75, 3.05) is 17.6 Å².